The van der Waals surface area contributed by atoms with E-state index in [1.165, 1.54) is 30.3 Å². The Balaban J connectivity index is 1.60. The van der Waals surface area contributed by atoms with Crippen LogP contribution >= 0.6 is 0 Å². The van der Waals surface area contributed by atoms with E-state index < -0.39 is 41.0 Å². The number of anilines is 1. The van der Waals surface area contributed by atoms with Gasteiger partial charge in [-0.05, 0) is 56.2 Å². The summed E-state index contributed by atoms with van der Waals surface area (Å²) in [7, 11) is 0. The molecule has 0 saturated heterocycles. The number of hydrogen-bond donors (Lipinski definition) is 2. The van der Waals surface area contributed by atoms with Gasteiger partial charge in [0.15, 0.2) is 5.69 Å². The maximum absolute atomic E-state index is 14.6. The third kappa shape index (κ3) is 7.24. The molecule has 0 aliphatic rings. The highest BCUT2D eigenvalue weighted by molar-refractivity contribution is 6.03. The second-order valence-corrected chi connectivity index (χ2v) is 9.85. The van der Waals surface area contributed by atoms with Crippen molar-refractivity contribution >= 4 is 17.7 Å². The zero-order valence-electron chi connectivity index (χ0n) is 21.8. The van der Waals surface area contributed by atoms with Gasteiger partial charge in [0.1, 0.15) is 17.1 Å². The highest BCUT2D eigenvalue weighted by atomic mass is 19.4. The summed E-state index contributed by atoms with van der Waals surface area (Å²) in [5.74, 6) is -1.76. The lowest BCUT2D eigenvalue weighted by molar-refractivity contribution is -0.141. The van der Waals surface area contributed by atoms with Gasteiger partial charge in [0.05, 0.1) is 17.7 Å². The van der Waals surface area contributed by atoms with Crippen molar-refractivity contribution in [2.45, 2.75) is 45.6 Å². The summed E-state index contributed by atoms with van der Waals surface area (Å²) in [5.41, 5.74) is -1.43. The molecule has 2 heterocycles. The van der Waals surface area contributed by atoms with Crippen molar-refractivity contribution in [2.24, 2.45) is 0 Å². The van der Waals surface area contributed by atoms with Crippen LogP contribution < -0.4 is 10.6 Å². The van der Waals surface area contributed by atoms with Gasteiger partial charge in [-0.1, -0.05) is 18.2 Å². The summed E-state index contributed by atoms with van der Waals surface area (Å²) in [6, 6.07) is 10.7. The molecule has 2 aromatic carbocycles. The topological polar surface area (TPSA) is 103 Å². The van der Waals surface area contributed by atoms with E-state index in [2.05, 4.69) is 20.7 Å². The molecule has 0 unspecified atom stereocenters. The van der Waals surface area contributed by atoms with Crippen LogP contribution in [0.2, 0.25) is 0 Å². The summed E-state index contributed by atoms with van der Waals surface area (Å²) in [6.45, 7) is 5.46. The lowest BCUT2D eigenvalue weighted by Crippen LogP contribution is -2.32. The van der Waals surface area contributed by atoms with Gasteiger partial charge in [-0.15, -0.1) is 0 Å². The van der Waals surface area contributed by atoms with Crippen LogP contribution in [0.5, 0.6) is 0 Å². The van der Waals surface area contributed by atoms with Crippen LogP contribution in [0, 0.1) is 5.82 Å². The summed E-state index contributed by atoms with van der Waals surface area (Å²) in [4.78, 5) is 29.1. The van der Waals surface area contributed by atoms with E-state index in [0.29, 0.717) is 23.7 Å². The summed E-state index contributed by atoms with van der Waals surface area (Å²) >= 11 is 0. The van der Waals surface area contributed by atoms with E-state index in [9.17, 15) is 27.2 Å². The highest BCUT2D eigenvalue weighted by Gasteiger charge is 2.36. The number of imidazole rings is 1. The summed E-state index contributed by atoms with van der Waals surface area (Å²) in [6.07, 6.45) is -0.666. The molecule has 0 aliphatic heterocycles. The predicted octanol–water partition coefficient (Wildman–Crippen LogP) is 5.55. The number of halogens is 4. The Labute approximate surface area is 226 Å². The van der Waals surface area contributed by atoms with Crippen molar-refractivity contribution in [1.29, 1.82) is 0 Å². The normalized spacial score (nSPS) is 11.8. The fourth-order valence-corrected chi connectivity index (χ4v) is 3.71. The Bertz CT molecular complexity index is 1510. The molecule has 0 saturated carbocycles. The highest BCUT2D eigenvalue weighted by Crippen LogP contribution is 2.30. The first-order valence-corrected chi connectivity index (χ1v) is 12.1. The Morgan fingerprint density at radius 3 is 2.48 bits per heavy atom. The third-order valence-corrected chi connectivity index (χ3v) is 5.43. The van der Waals surface area contributed by atoms with Crippen molar-refractivity contribution in [3.05, 3.63) is 95.6 Å². The number of carbonyl (C=O) groups excluding carboxylic acids is 2. The first-order valence-electron chi connectivity index (χ1n) is 12.1. The van der Waals surface area contributed by atoms with E-state index in [1.807, 2.05) is 0 Å². The number of amides is 2. The molecule has 0 fully saturated rings. The molecule has 4 aromatic rings. The minimum Gasteiger partial charge on any atom is -0.444 e. The van der Waals surface area contributed by atoms with E-state index in [4.69, 9.17) is 4.74 Å². The molecule has 9 nitrogen and oxygen atoms in total. The SMILES string of the molecule is CC(C)(C)OC(=O)NCc1cccc(-n2nc(C(F)(F)F)cc2C(=O)Nc2cc(Cn3ccnc3)ccc2F)c1. The van der Waals surface area contributed by atoms with E-state index in [-0.39, 0.29) is 17.9 Å². The Kier molecular flexibility index (Phi) is 7.93. The van der Waals surface area contributed by atoms with Crippen LogP contribution in [0.4, 0.5) is 28.0 Å². The van der Waals surface area contributed by atoms with Crippen LogP contribution in [-0.2, 0) is 24.0 Å². The van der Waals surface area contributed by atoms with Gasteiger partial charge in [0.2, 0.25) is 0 Å². The summed E-state index contributed by atoms with van der Waals surface area (Å²) in [5, 5.41) is 8.52. The molecule has 2 aromatic heterocycles. The fraction of sp³-hybridized carbons (Fsp3) is 0.259. The standard InChI is InChI=1S/C27H26F4N6O3/c1-26(2,3)40-25(39)33-14-17-5-4-6-19(11-17)37-22(13-23(35-37)27(29,30)31)24(38)34-21-12-18(7-8-20(21)28)15-36-10-9-32-16-36/h4-13,16H,14-15H2,1-3H3,(H,33,39)(H,34,38). The molecular weight excluding hydrogens is 532 g/mol. The number of nitrogens with zero attached hydrogens (tertiary/aromatic N) is 4. The quantitative estimate of drug-likeness (QED) is 0.290. The van der Waals surface area contributed by atoms with E-state index in [1.54, 1.807) is 50.1 Å². The molecule has 0 aliphatic carbocycles. The van der Waals surface area contributed by atoms with Gasteiger partial charge in [0.25, 0.3) is 5.91 Å². The van der Waals surface area contributed by atoms with Gasteiger partial charge in [-0.3, -0.25) is 4.79 Å². The first kappa shape index (κ1) is 28.3. The molecule has 0 bridgehead atoms. The van der Waals surface area contributed by atoms with Gasteiger partial charge >= 0.3 is 12.3 Å². The Morgan fingerprint density at radius 1 is 1.02 bits per heavy atom. The summed E-state index contributed by atoms with van der Waals surface area (Å²) < 4.78 is 63.0. The first-order chi connectivity index (χ1) is 18.8. The average molecular weight is 559 g/mol. The number of alkyl halides is 3. The molecule has 0 radical (unpaired) electrons. The number of carbonyl (C=O) groups is 2. The van der Waals surface area contributed by atoms with E-state index in [0.717, 1.165) is 10.7 Å². The third-order valence-electron chi connectivity index (χ3n) is 5.43. The lowest BCUT2D eigenvalue weighted by Gasteiger charge is -2.19. The van der Waals surface area contributed by atoms with Crippen LogP contribution in [-0.4, -0.2) is 36.9 Å². The minimum absolute atomic E-state index is 0.00655. The van der Waals surface area contributed by atoms with Crippen molar-refractivity contribution in [2.75, 3.05) is 5.32 Å². The second-order valence-electron chi connectivity index (χ2n) is 9.85. The lowest BCUT2D eigenvalue weighted by atomic mass is 10.1. The molecule has 40 heavy (non-hydrogen) atoms. The Hall–Kier alpha value is -4.68. The molecule has 210 valence electrons. The molecule has 4 rings (SSSR count). The van der Waals surface area contributed by atoms with Crippen LogP contribution in [0.25, 0.3) is 5.69 Å². The second kappa shape index (κ2) is 11.2. The number of hydrogen-bond acceptors (Lipinski definition) is 5. The number of rotatable bonds is 7. The average Bonchev–Trinajstić information content (AvgIpc) is 3.54. The molecule has 13 heteroatoms. The van der Waals surface area contributed by atoms with Crippen molar-refractivity contribution < 1.29 is 31.9 Å². The number of aromatic nitrogens is 4. The minimum atomic E-state index is -4.84. The van der Waals surface area contributed by atoms with Crippen LogP contribution in [0.15, 0.2) is 67.3 Å². The maximum atomic E-state index is 14.6. The molecule has 0 spiro atoms. The predicted molar refractivity (Wildman–Crippen MR) is 137 cm³/mol. The number of nitrogens with one attached hydrogen (secondary N) is 2. The van der Waals surface area contributed by atoms with Crippen LogP contribution in [0.3, 0.4) is 0 Å². The van der Waals surface area contributed by atoms with Gasteiger partial charge in [-0.2, -0.15) is 18.3 Å². The molecule has 2 N–H and O–H groups in total. The van der Waals surface area contributed by atoms with Crippen LogP contribution in [0.1, 0.15) is 48.1 Å². The number of alkyl carbamates (subject to hydrolysis) is 1. The van der Waals surface area contributed by atoms with Crippen molar-refractivity contribution in [1.82, 2.24) is 24.6 Å². The van der Waals surface area contributed by atoms with Gasteiger partial charge in [0, 0.05) is 31.5 Å². The van der Waals surface area contributed by atoms with Gasteiger partial charge < -0.3 is 19.9 Å². The zero-order valence-corrected chi connectivity index (χ0v) is 21.8. The van der Waals surface area contributed by atoms with E-state index >= 15 is 0 Å². The zero-order chi connectivity index (χ0) is 29.1. The number of benzene rings is 2. The maximum Gasteiger partial charge on any atom is 0.435 e. The number of ether oxygens (including phenoxy) is 1. The molecule has 0 atom stereocenters. The van der Waals surface area contributed by atoms with Gasteiger partial charge in [-0.25, -0.2) is 18.9 Å². The largest absolute Gasteiger partial charge is 0.444 e. The molecular formula is C27H26F4N6O3. The Morgan fingerprint density at radius 2 is 1.80 bits per heavy atom. The monoisotopic (exact) mass is 558 g/mol. The molecule has 2 amide bonds. The fourth-order valence-electron chi connectivity index (χ4n) is 3.71. The van der Waals surface area contributed by atoms with Crippen molar-refractivity contribution in [3.63, 3.8) is 0 Å². The van der Waals surface area contributed by atoms with Crippen molar-refractivity contribution in [3.8, 4) is 5.69 Å². The smallest absolute Gasteiger partial charge is 0.435 e.